The van der Waals surface area contributed by atoms with Crippen LogP contribution in [-0.4, -0.2) is 26.4 Å². The van der Waals surface area contributed by atoms with Crippen LogP contribution in [0.3, 0.4) is 0 Å². The van der Waals surface area contributed by atoms with Crippen molar-refractivity contribution in [2.75, 3.05) is 5.32 Å². The highest BCUT2D eigenvalue weighted by Crippen LogP contribution is 2.33. The fraction of sp³-hybridized carbons (Fsp3) is 0.0370. The van der Waals surface area contributed by atoms with E-state index in [0.717, 1.165) is 33.7 Å². The van der Waals surface area contributed by atoms with Gasteiger partial charge in [-0.05, 0) is 60.2 Å². The number of aromatic nitrogens is 3. The Morgan fingerprint density at radius 3 is 2.69 bits per heavy atom. The second-order valence-corrected chi connectivity index (χ2v) is 8.47. The lowest BCUT2D eigenvalue weighted by Gasteiger charge is -2.09. The first-order valence-electron chi connectivity index (χ1n) is 11.0. The van der Waals surface area contributed by atoms with Crippen LogP contribution in [0.25, 0.3) is 16.8 Å². The van der Waals surface area contributed by atoms with Gasteiger partial charge in [0.05, 0.1) is 17.7 Å². The van der Waals surface area contributed by atoms with E-state index < -0.39 is 0 Å². The zero-order valence-corrected chi connectivity index (χ0v) is 19.1. The molecule has 7 nitrogen and oxygen atoms in total. The van der Waals surface area contributed by atoms with Gasteiger partial charge in [-0.3, -0.25) is 4.79 Å². The zero-order chi connectivity index (χ0) is 23.8. The summed E-state index contributed by atoms with van der Waals surface area (Å²) >= 11 is 6.50. The molecule has 0 aliphatic carbocycles. The molecule has 0 saturated heterocycles. The Morgan fingerprint density at radius 2 is 1.91 bits per heavy atom. The van der Waals surface area contributed by atoms with Crippen LogP contribution >= 0.6 is 11.6 Å². The van der Waals surface area contributed by atoms with E-state index >= 15 is 0 Å². The summed E-state index contributed by atoms with van der Waals surface area (Å²) in [7, 11) is 0. The summed E-state index contributed by atoms with van der Waals surface area (Å²) < 4.78 is 6.98. The first-order chi connectivity index (χ1) is 17.1. The average molecular weight is 480 g/mol. The first-order valence-corrected chi connectivity index (χ1v) is 11.3. The summed E-state index contributed by atoms with van der Waals surface area (Å²) in [5.41, 5.74) is 6.25. The number of carbonyl (C=O) groups is 1. The summed E-state index contributed by atoms with van der Waals surface area (Å²) in [6.45, 7) is 0. The minimum atomic E-state index is -0.329. The number of aliphatic imine (C=N–C) groups is 1. The predicted octanol–water partition coefficient (Wildman–Crippen LogP) is 6.11. The maximum absolute atomic E-state index is 12.3. The van der Waals surface area contributed by atoms with Crippen molar-refractivity contribution in [2.24, 2.45) is 4.99 Å². The maximum atomic E-state index is 12.3. The van der Waals surface area contributed by atoms with E-state index in [1.807, 2.05) is 41.3 Å². The van der Waals surface area contributed by atoms with E-state index in [1.54, 1.807) is 30.5 Å². The molecule has 3 aromatic heterocycles. The Labute approximate surface area is 205 Å². The van der Waals surface area contributed by atoms with E-state index in [1.165, 1.54) is 6.26 Å². The number of rotatable bonds is 5. The minimum Gasteiger partial charge on any atom is -0.459 e. The Morgan fingerprint density at radius 1 is 1.03 bits per heavy atom. The van der Waals surface area contributed by atoms with Gasteiger partial charge in [0.25, 0.3) is 5.91 Å². The van der Waals surface area contributed by atoms with Crippen molar-refractivity contribution in [1.29, 1.82) is 0 Å². The lowest BCUT2D eigenvalue weighted by atomic mass is 10.0. The highest BCUT2D eigenvalue weighted by atomic mass is 35.5. The molecule has 1 N–H and O–H groups in total. The van der Waals surface area contributed by atoms with Crippen LogP contribution < -0.4 is 5.32 Å². The number of pyridine rings is 1. The molecule has 1 aliphatic rings. The molecule has 0 bridgehead atoms. The standard InChI is InChI=1S/C27H18ClN5O2/c28-23-9-6-20(31-27(34)25-3-1-12-35-25)15-22(23)24-14-18-13-19(16-29-26(18)32-24)17-4-7-21(8-5-17)33-11-2-10-30-33/h1-13,15-16H,14H2,(H,31,34). The highest BCUT2D eigenvalue weighted by molar-refractivity contribution is 6.34. The number of amides is 1. The second kappa shape index (κ2) is 8.70. The monoisotopic (exact) mass is 479 g/mol. The first kappa shape index (κ1) is 21.1. The van der Waals surface area contributed by atoms with Gasteiger partial charge in [0, 0.05) is 52.4 Å². The summed E-state index contributed by atoms with van der Waals surface area (Å²) in [5, 5.41) is 7.66. The van der Waals surface area contributed by atoms with Gasteiger partial charge in [-0.2, -0.15) is 5.10 Å². The van der Waals surface area contributed by atoms with Gasteiger partial charge < -0.3 is 9.73 Å². The maximum Gasteiger partial charge on any atom is 0.291 e. The number of hydrogen-bond acceptors (Lipinski definition) is 5. The molecule has 170 valence electrons. The third-order valence-corrected chi connectivity index (χ3v) is 6.12. The number of nitrogens with one attached hydrogen (secondary N) is 1. The van der Waals surface area contributed by atoms with Crippen LogP contribution in [0.5, 0.6) is 0 Å². The van der Waals surface area contributed by atoms with Crippen molar-refractivity contribution >= 4 is 34.7 Å². The summed E-state index contributed by atoms with van der Waals surface area (Å²) in [5.74, 6) is 0.587. The van der Waals surface area contributed by atoms with E-state index in [2.05, 4.69) is 33.6 Å². The van der Waals surface area contributed by atoms with E-state index in [4.69, 9.17) is 21.0 Å². The Bertz CT molecular complexity index is 1560. The minimum absolute atomic E-state index is 0.237. The Hall–Kier alpha value is -4.49. The topological polar surface area (TPSA) is 85.3 Å². The van der Waals surface area contributed by atoms with Crippen molar-refractivity contribution in [2.45, 2.75) is 6.42 Å². The Balaban J connectivity index is 1.23. The van der Waals surface area contributed by atoms with Crippen molar-refractivity contribution in [3.05, 3.63) is 113 Å². The number of anilines is 1. The molecule has 35 heavy (non-hydrogen) atoms. The van der Waals surface area contributed by atoms with Gasteiger partial charge in [0.15, 0.2) is 11.6 Å². The SMILES string of the molecule is O=C(Nc1ccc(Cl)c(C2=Nc3ncc(-c4ccc(-n5cccn5)cc4)cc3C2)c1)c1ccco1. The van der Waals surface area contributed by atoms with Gasteiger partial charge in [-0.25, -0.2) is 14.7 Å². The normalized spacial score (nSPS) is 12.3. The molecule has 8 heteroatoms. The van der Waals surface area contributed by atoms with Crippen LogP contribution in [0.4, 0.5) is 11.5 Å². The van der Waals surface area contributed by atoms with E-state index in [0.29, 0.717) is 22.9 Å². The predicted molar refractivity (Wildman–Crippen MR) is 135 cm³/mol. The van der Waals surface area contributed by atoms with Gasteiger partial charge >= 0.3 is 0 Å². The summed E-state index contributed by atoms with van der Waals surface area (Å²) in [6.07, 6.45) is 7.55. The van der Waals surface area contributed by atoms with Crippen LogP contribution in [0.1, 0.15) is 21.7 Å². The molecule has 1 amide bonds. The molecule has 4 heterocycles. The molecule has 5 aromatic rings. The third kappa shape index (κ3) is 4.13. The van der Waals surface area contributed by atoms with Gasteiger partial charge in [0.1, 0.15) is 0 Å². The lowest BCUT2D eigenvalue weighted by molar-refractivity contribution is 0.0996. The molecule has 0 spiro atoms. The summed E-state index contributed by atoms with van der Waals surface area (Å²) in [6, 6.07) is 20.8. The van der Waals surface area contributed by atoms with Crippen molar-refractivity contribution in [3.63, 3.8) is 0 Å². The number of hydrogen-bond donors (Lipinski definition) is 1. The third-order valence-electron chi connectivity index (χ3n) is 5.79. The van der Waals surface area contributed by atoms with Crippen LogP contribution in [0, 0.1) is 0 Å². The molecule has 0 saturated carbocycles. The molecule has 0 unspecified atom stereocenters. The number of furan rings is 1. The number of benzene rings is 2. The number of carbonyl (C=O) groups excluding carboxylic acids is 1. The molecule has 1 aliphatic heterocycles. The van der Waals surface area contributed by atoms with Crippen molar-refractivity contribution in [1.82, 2.24) is 14.8 Å². The van der Waals surface area contributed by atoms with Crippen LogP contribution in [0.15, 0.2) is 101 Å². The molecule has 0 radical (unpaired) electrons. The molecular weight excluding hydrogens is 462 g/mol. The van der Waals surface area contributed by atoms with E-state index in [9.17, 15) is 4.79 Å². The Kier molecular flexibility index (Phi) is 5.24. The highest BCUT2D eigenvalue weighted by Gasteiger charge is 2.21. The largest absolute Gasteiger partial charge is 0.459 e. The number of fused-ring (bicyclic) bond motifs is 1. The molecule has 6 rings (SSSR count). The fourth-order valence-corrected chi connectivity index (χ4v) is 4.27. The molecule has 0 fully saturated rings. The van der Waals surface area contributed by atoms with Gasteiger partial charge in [0.2, 0.25) is 0 Å². The zero-order valence-electron chi connectivity index (χ0n) is 18.4. The van der Waals surface area contributed by atoms with Gasteiger partial charge in [-0.1, -0.05) is 23.7 Å². The van der Waals surface area contributed by atoms with Crippen molar-refractivity contribution in [3.8, 4) is 16.8 Å². The summed E-state index contributed by atoms with van der Waals surface area (Å²) in [4.78, 5) is 21.6. The second-order valence-electron chi connectivity index (χ2n) is 8.07. The molecule has 0 atom stereocenters. The number of nitrogens with zero attached hydrogens (tertiary/aromatic N) is 4. The fourth-order valence-electron chi connectivity index (χ4n) is 4.05. The molecule has 2 aromatic carbocycles. The smallest absolute Gasteiger partial charge is 0.291 e. The molecular formula is C27H18ClN5O2. The average Bonchev–Trinajstić information content (AvgIpc) is 3.67. The van der Waals surface area contributed by atoms with Gasteiger partial charge in [-0.15, -0.1) is 0 Å². The number of halogens is 1. The lowest BCUT2D eigenvalue weighted by Crippen LogP contribution is -2.11. The van der Waals surface area contributed by atoms with E-state index in [-0.39, 0.29) is 11.7 Å². The van der Waals surface area contributed by atoms with Crippen LogP contribution in [-0.2, 0) is 6.42 Å². The van der Waals surface area contributed by atoms with Crippen molar-refractivity contribution < 1.29 is 9.21 Å². The quantitative estimate of drug-likeness (QED) is 0.329. The van der Waals surface area contributed by atoms with Crippen LogP contribution in [0.2, 0.25) is 5.02 Å².